The molecule has 1 rings (SSSR count). The van der Waals surface area contributed by atoms with Crippen molar-refractivity contribution in [2.24, 2.45) is 22.4 Å². The summed E-state index contributed by atoms with van der Waals surface area (Å²) in [6.45, 7) is 2.68. The molecule has 5 nitrogen and oxygen atoms in total. The molecule has 1 aliphatic heterocycles. The lowest BCUT2D eigenvalue weighted by Gasteiger charge is -2.43. The van der Waals surface area contributed by atoms with Gasteiger partial charge in [0, 0.05) is 19.6 Å². The lowest BCUT2D eigenvalue weighted by molar-refractivity contribution is -0.152. The van der Waals surface area contributed by atoms with Gasteiger partial charge in [-0.15, -0.1) is 0 Å². The predicted octanol–water partition coefficient (Wildman–Crippen LogP) is -0.483. The van der Waals surface area contributed by atoms with Crippen molar-refractivity contribution >= 4 is 11.9 Å². The van der Waals surface area contributed by atoms with Crippen LogP contribution in [0, 0.1) is 5.92 Å². The molecule has 0 saturated carbocycles. The molecule has 0 aliphatic carbocycles. The molecular formula is C9H18N4O. The number of likely N-dealkylation sites (tertiary alicyclic amines) is 1. The highest BCUT2D eigenvalue weighted by Crippen LogP contribution is 2.28. The molecule has 1 fully saturated rings. The third kappa shape index (κ3) is 2.16. The number of β-lactam (4-membered cyclic amide) rings is 1. The highest BCUT2D eigenvalue weighted by molar-refractivity contribution is 5.85. The van der Waals surface area contributed by atoms with Gasteiger partial charge in [-0.05, 0) is 19.8 Å². The second kappa shape index (κ2) is 4.30. The van der Waals surface area contributed by atoms with E-state index in [0.29, 0.717) is 12.6 Å². The van der Waals surface area contributed by atoms with Gasteiger partial charge in [0.2, 0.25) is 5.91 Å². The van der Waals surface area contributed by atoms with Gasteiger partial charge in [-0.2, -0.15) is 0 Å². The standard InChI is InChI=1S/C9H18N4O/c1-6-7(8(14)13(6)2)4-3-5-12-9(10)11/h6-7H,3-5H2,1-2H3,(H4,10,11,12). The van der Waals surface area contributed by atoms with Gasteiger partial charge in [0.1, 0.15) is 0 Å². The van der Waals surface area contributed by atoms with Crippen LogP contribution in [-0.2, 0) is 4.79 Å². The number of carbonyl (C=O) groups excluding carboxylic acids is 1. The lowest BCUT2D eigenvalue weighted by atomic mass is 9.85. The van der Waals surface area contributed by atoms with Crippen molar-refractivity contribution in [3.05, 3.63) is 0 Å². The van der Waals surface area contributed by atoms with Crippen LogP contribution in [0.15, 0.2) is 4.99 Å². The van der Waals surface area contributed by atoms with E-state index in [1.54, 1.807) is 4.90 Å². The number of guanidine groups is 1. The van der Waals surface area contributed by atoms with Crippen molar-refractivity contribution in [2.75, 3.05) is 13.6 Å². The molecule has 1 heterocycles. The van der Waals surface area contributed by atoms with Gasteiger partial charge in [-0.25, -0.2) is 0 Å². The summed E-state index contributed by atoms with van der Waals surface area (Å²) < 4.78 is 0. The van der Waals surface area contributed by atoms with Gasteiger partial charge in [-0.1, -0.05) is 0 Å². The van der Waals surface area contributed by atoms with E-state index in [9.17, 15) is 4.79 Å². The van der Waals surface area contributed by atoms with Crippen molar-refractivity contribution in [1.29, 1.82) is 0 Å². The number of hydrogen-bond donors (Lipinski definition) is 2. The number of hydrogen-bond acceptors (Lipinski definition) is 2. The smallest absolute Gasteiger partial charge is 0.227 e. The average molecular weight is 198 g/mol. The highest BCUT2D eigenvalue weighted by atomic mass is 16.2. The van der Waals surface area contributed by atoms with Crippen molar-refractivity contribution in [3.8, 4) is 0 Å². The van der Waals surface area contributed by atoms with Crippen molar-refractivity contribution in [2.45, 2.75) is 25.8 Å². The van der Waals surface area contributed by atoms with E-state index in [1.807, 2.05) is 7.05 Å². The first-order valence-electron chi connectivity index (χ1n) is 4.86. The minimum atomic E-state index is 0.120. The molecule has 1 saturated heterocycles. The molecule has 0 radical (unpaired) electrons. The Morgan fingerprint density at radius 3 is 2.71 bits per heavy atom. The molecule has 1 aliphatic rings. The van der Waals surface area contributed by atoms with Gasteiger partial charge in [0.15, 0.2) is 5.96 Å². The maximum atomic E-state index is 11.3. The summed E-state index contributed by atoms with van der Waals surface area (Å²) >= 11 is 0. The normalized spacial score (nSPS) is 25.9. The van der Waals surface area contributed by atoms with Crippen LogP contribution in [0.1, 0.15) is 19.8 Å². The quantitative estimate of drug-likeness (QED) is 0.277. The van der Waals surface area contributed by atoms with Crippen LogP contribution in [0.2, 0.25) is 0 Å². The molecular weight excluding hydrogens is 180 g/mol. The summed E-state index contributed by atoms with van der Waals surface area (Å²) in [6, 6.07) is 0.363. The Balaban J connectivity index is 2.20. The summed E-state index contributed by atoms with van der Waals surface area (Å²) in [5.41, 5.74) is 10.4. The third-order valence-corrected chi connectivity index (χ3v) is 2.83. The molecule has 0 bridgehead atoms. The van der Waals surface area contributed by atoms with Crippen LogP contribution in [0.5, 0.6) is 0 Å². The number of aliphatic imine (C=N–C) groups is 1. The number of nitrogens with two attached hydrogens (primary N) is 2. The minimum absolute atomic E-state index is 0.120. The second-order valence-corrected chi connectivity index (χ2v) is 3.75. The SMILES string of the molecule is CC1C(CCCN=C(N)N)C(=O)N1C. The fourth-order valence-corrected chi connectivity index (χ4v) is 1.74. The Morgan fingerprint density at radius 1 is 1.57 bits per heavy atom. The number of carbonyl (C=O) groups is 1. The van der Waals surface area contributed by atoms with E-state index < -0.39 is 0 Å². The molecule has 5 heteroatoms. The minimum Gasteiger partial charge on any atom is -0.370 e. The van der Waals surface area contributed by atoms with Crippen LogP contribution in [0.25, 0.3) is 0 Å². The van der Waals surface area contributed by atoms with E-state index in [-0.39, 0.29) is 17.8 Å². The van der Waals surface area contributed by atoms with Crippen LogP contribution < -0.4 is 11.5 Å². The van der Waals surface area contributed by atoms with Crippen LogP contribution in [0.4, 0.5) is 0 Å². The summed E-state index contributed by atoms with van der Waals surface area (Å²) in [6.07, 6.45) is 1.74. The number of nitrogens with zero attached hydrogens (tertiary/aromatic N) is 2. The summed E-state index contributed by atoms with van der Waals surface area (Å²) in [4.78, 5) is 17.0. The molecule has 0 aromatic rings. The van der Waals surface area contributed by atoms with Gasteiger partial charge in [0.05, 0.1) is 5.92 Å². The zero-order valence-electron chi connectivity index (χ0n) is 8.73. The second-order valence-electron chi connectivity index (χ2n) is 3.75. The topological polar surface area (TPSA) is 84.7 Å². The Kier molecular flexibility index (Phi) is 3.33. The van der Waals surface area contributed by atoms with E-state index in [0.717, 1.165) is 12.8 Å². The zero-order valence-corrected chi connectivity index (χ0v) is 8.73. The summed E-state index contributed by atoms with van der Waals surface area (Å²) in [5, 5.41) is 0. The highest BCUT2D eigenvalue weighted by Gasteiger charge is 2.40. The van der Waals surface area contributed by atoms with Crippen molar-refractivity contribution in [3.63, 3.8) is 0 Å². The van der Waals surface area contributed by atoms with E-state index in [2.05, 4.69) is 11.9 Å². The number of amides is 1. The molecule has 2 unspecified atom stereocenters. The molecule has 0 aromatic carbocycles. The number of rotatable bonds is 4. The Bertz CT molecular complexity index is 247. The molecule has 0 spiro atoms. The van der Waals surface area contributed by atoms with Gasteiger partial charge in [-0.3, -0.25) is 9.79 Å². The Labute approximate surface area is 84.1 Å². The van der Waals surface area contributed by atoms with E-state index in [1.165, 1.54) is 0 Å². The van der Waals surface area contributed by atoms with Gasteiger partial charge < -0.3 is 16.4 Å². The molecule has 80 valence electrons. The van der Waals surface area contributed by atoms with Crippen molar-refractivity contribution < 1.29 is 4.79 Å². The predicted molar refractivity (Wildman–Crippen MR) is 55.6 cm³/mol. The first-order valence-corrected chi connectivity index (χ1v) is 4.86. The van der Waals surface area contributed by atoms with Crippen LogP contribution >= 0.6 is 0 Å². The average Bonchev–Trinajstić information content (AvgIpc) is 2.15. The Morgan fingerprint density at radius 2 is 2.21 bits per heavy atom. The molecule has 2 atom stereocenters. The molecule has 4 N–H and O–H groups in total. The fraction of sp³-hybridized carbons (Fsp3) is 0.778. The Hall–Kier alpha value is -1.26. The van der Waals surface area contributed by atoms with Crippen molar-refractivity contribution in [1.82, 2.24) is 4.90 Å². The third-order valence-electron chi connectivity index (χ3n) is 2.83. The zero-order chi connectivity index (χ0) is 10.7. The van der Waals surface area contributed by atoms with Gasteiger partial charge >= 0.3 is 0 Å². The summed E-state index contributed by atoms with van der Waals surface area (Å²) in [7, 11) is 1.83. The molecule has 14 heavy (non-hydrogen) atoms. The largest absolute Gasteiger partial charge is 0.370 e. The fourth-order valence-electron chi connectivity index (χ4n) is 1.74. The maximum absolute atomic E-state index is 11.3. The lowest BCUT2D eigenvalue weighted by Crippen LogP contribution is -2.57. The monoisotopic (exact) mass is 198 g/mol. The van der Waals surface area contributed by atoms with Crippen LogP contribution in [-0.4, -0.2) is 36.4 Å². The van der Waals surface area contributed by atoms with E-state index in [4.69, 9.17) is 11.5 Å². The molecule has 0 aromatic heterocycles. The molecule has 1 amide bonds. The van der Waals surface area contributed by atoms with Gasteiger partial charge in [0.25, 0.3) is 0 Å². The first kappa shape index (κ1) is 10.8. The van der Waals surface area contributed by atoms with E-state index >= 15 is 0 Å². The maximum Gasteiger partial charge on any atom is 0.227 e. The summed E-state index contributed by atoms with van der Waals surface area (Å²) in [5.74, 6) is 0.534. The van der Waals surface area contributed by atoms with Crippen LogP contribution in [0.3, 0.4) is 0 Å². The first-order chi connectivity index (χ1) is 6.54.